The molecule has 2 aromatic rings. The van der Waals surface area contributed by atoms with Crippen molar-refractivity contribution in [3.8, 4) is 5.75 Å². The van der Waals surface area contributed by atoms with Crippen LogP contribution in [0.15, 0.2) is 12.3 Å². The van der Waals surface area contributed by atoms with E-state index in [4.69, 9.17) is 14.2 Å². The van der Waals surface area contributed by atoms with Crippen molar-refractivity contribution in [2.45, 2.75) is 63.0 Å². The van der Waals surface area contributed by atoms with Gasteiger partial charge in [0.1, 0.15) is 10.6 Å². The van der Waals surface area contributed by atoms with Gasteiger partial charge in [0.25, 0.3) is 0 Å². The van der Waals surface area contributed by atoms with Crippen molar-refractivity contribution < 1.29 is 14.2 Å². The Morgan fingerprint density at radius 3 is 2.79 bits per heavy atom. The maximum Gasteiger partial charge on any atom is 0.131 e. The first-order valence-electron chi connectivity index (χ1n) is 11.2. The largest absolute Gasteiger partial charge is 0.490 e. The molecule has 1 aliphatic heterocycles. The third-order valence-electron chi connectivity index (χ3n) is 6.97. The smallest absolute Gasteiger partial charge is 0.131 e. The molecule has 158 valence electrons. The number of hydrogen-bond donors (Lipinski definition) is 0. The Morgan fingerprint density at radius 1 is 1.17 bits per heavy atom. The van der Waals surface area contributed by atoms with Crippen LogP contribution in [0.5, 0.6) is 5.75 Å². The first-order chi connectivity index (χ1) is 14.3. The van der Waals surface area contributed by atoms with Crippen molar-refractivity contribution in [1.29, 1.82) is 0 Å². The third kappa shape index (κ3) is 4.05. The minimum absolute atomic E-state index is 0.326. The highest BCUT2D eigenvalue weighted by Gasteiger charge is 2.31. The fraction of sp³-hybridized carbons (Fsp3) is 0.696. The average molecular weight is 417 g/mol. The SMILES string of the molecule is COCC[C@H]1CCc2sc3nccc(OC4CCC(N5CCOCC5)CC4)c3c21. The maximum atomic E-state index is 6.63. The molecule has 0 radical (unpaired) electrons. The Hall–Kier alpha value is -1.21. The molecule has 1 atom stereocenters. The van der Waals surface area contributed by atoms with Crippen LogP contribution in [-0.4, -0.2) is 62.0 Å². The van der Waals surface area contributed by atoms with Gasteiger partial charge in [-0.25, -0.2) is 4.98 Å². The second-order valence-electron chi connectivity index (χ2n) is 8.64. The molecule has 2 aromatic heterocycles. The highest BCUT2D eigenvalue weighted by molar-refractivity contribution is 7.19. The minimum Gasteiger partial charge on any atom is -0.490 e. The summed E-state index contributed by atoms with van der Waals surface area (Å²) in [4.78, 5) is 9.96. The summed E-state index contributed by atoms with van der Waals surface area (Å²) >= 11 is 1.87. The number of aryl methyl sites for hydroxylation is 1. The normalized spacial score (nSPS) is 28.0. The molecule has 2 aliphatic carbocycles. The summed E-state index contributed by atoms with van der Waals surface area (Å²) < 4.78 is 17.5. The van der Waals surface area contributed by atoms with Gasteiger partial charge >= 0.3 is 0 Å². The number of thiophene rings is 1. The Kier molecular flexibility index (Phi) is 6.04. The summed E-state index contributed by atoms with van der Waals surface area (Å²) in [7, 11) is 1.80. The number of aromatic nitrogens is 1. The predicted octanol–water partition coefficient (Wildman–Crippen LogP) is 4.38. The molecule has 0 unspecified atom stereocenters. The first-order valence-corrected chi connectivity index (χ1v) is 12.0. The van der Waals surface area contributed by atoms with Gasteiger partial charge in [0.2, 0.25) is 0 Å². The molecule has 0 N–H and O–H groups in total. The van der Waals surface area contributed by atoms with Crippen LogP contribution < -0.4 is 4.74 Å². The standard InChI is InChI=1S/C23H32N2O3S/c1-26-13-9-16-2-7-20-21(16)22-19(8-10-24-23(22)29-20)28-18-5-3-17(4-6-18)25-11-14-27-15-12-25/h8,10,16-18H,2-7,9,11-15H2,1H3/t16-,17?,18?/m1/s1. The van der Waals surface area contributed by atoms with E-state index in [9.17, 15) is 0 Å². The van der Waals surface area contributed by atoms with Crippen molar-refractivity contribution in [2.75, 3.05) is 40.0 Å². The van der Waals surface area contributed by atoms with Gasteiger partial charge in [0.05, 0.1) is 24.7 Å². The molecule has 1 saturated carbocycles. The Morgan fingerprint density at radius 2 is 2.00 bits per heavy atom. The number of rotatable bonds is 6. The number of methoxy groups -OCH3 is 1. The van der Waals surface area contributed by atoms with Crippen molar-refractivity contribution >= 4 is 21.6 Å². The molecule has 29 heavy (non-hydrogen) atoms. The molecule has 2 fully saturated rings. The van der Waals surface area contributed by atoms with Gasteiger partial charge in [0, 0.05) is 43.9 Å². The summed E-state index contributed by atoms with van der Waals surface area (Å²) in [6.45, 7) is 4.78. The lowest BCUT2D eigenvalue weighted by Crippen LogP contribution is -2.46. The van der Waals surface area contributed by atoms with E-state index in [0.29, 0.717) is 18.1 Å². The highest BCUT2D eigenvalue weighted by Crippen LogP contribution is 2.48. The highest BCUT2D eigenvalue weighted by atomic mass is 32.1. The number of morpholine rings is 1. The number of ether oxygens (including phenoxy) is 3. The van der Waals surface area contributed by atoms with Gasteiger partial charge in [-0.1, -0.05) is 0 Å². The van der Waals surface area contributed by atoms with E-state index in [0.717, 1.165) is 62.8 Å². The van der Waals surface area contributed by atoms with Crippen LogP contribution in [0.25, 0.3) is 10.2 Å². The second-order valence-corrected chi connectivity index (χ2v) is 9.73. The van der Waals surface area contributed by atoms with Gasteiger partial charge in [-0.05, 0) is 62.5 Å². The van der Waals surface area contributed by atoms with Crippen molar-refractivity contribution in [1.82, 2.24) is 9.88 Å². The molecule has 3 heterocycles. The molecule has 0 amide bonds. The Bertz CT molecular complexity index is 825. The van der Waals surface area contributed by atoms with E-state index < -0.39 is 0 Å². The fourth-order valence-electron chi connectivity index (χ4n) is 5.43. The molecule has 0 aromatic carbocycles. The second kappa shape index (κ2) is 8.88. The maximum absolute atomic E-state index is 6.63. The summed E-state index contributed by atoms with van der Waals surface area (Å²) in [5, 5.41) is 1.29. The molecule has 5 rings (SSSR count). The first kappa shape index (κ1) is 19.7. The van der Waals surface area contributed by atoms with Gasteiger partial charge < -0.3 is 14.2 Å². The zero-order valence-corrected chi connectivity index (χ0v) is 18.2. The van der Waals surface area contributed by atoms with Crippen LogP contribution in [0.1, 0.15) is 54.9 Å². The van der Waals surface area contributed by atoms with Crippen LogP contribution in [-0.2, 0) is 15.9 Å². The van der Waals surface area contributed by atoms with E-state index in [-0.39, 0.29) is 0 Å². The van der Waals surface area contributed by atoms with Gasteiger partial charge in [-0.2, -0.15) is 0 Å². The molecule has 3 aliphatic rings. The van der Waals surface area contributed by atoms with Crippen LogP contribution in [0.2, 0.25) is 0 Å². The Labute approximate surface area is 177 Å². The predicted molar refractivity (Wildman–Crippen MR) is 116 cm³/mol. The number of nitrogens with zero attached hydrogens (tertiary/aromatic N) is 2. The van der Waals surface area contributed by atoms with Gasteiger partial charge in [-0.15, -0.1) is 11.3 Å². The van der Waals surface area contributed by atoms with Gasteiger partial charge in [0.15, 0.2) is 0 Å². The zero-order chi connectivity index (χ0) is 19.6. The summed E-state index contributed by atoms with van der Waals surface area (Å²) in [6.07, 6.45) is 10.5. The zero-order valence-electron chi connectivity index (χ0n) is 17.4. The van der Waals surface area contributed by atoms with Gasteiger partial charge in [-0.3, -0.25) is 4.90 Å². The van der Waals surface area contributed by atoms with Crippen molar-refractivity contribution in [3.63, 3.8) is 0 Å². The monoisotopic (exact) mass is 416 g/mol. The molecular weight excluding hydrogens is 384 g/mol. The van der Waals surface area contributed by atoms with E-state index in [1.807, 2.05) is 17.5 Å². The van der Waals surface area contributed by atoms with Crippen LogP contribution in [0.4, 0.5) is 0 Å². The van der Waals surface area contributed by atoms with Crippen LogP contribution in [0.3, 0.4) is 0 Å². The number of fused-ring (bicyclic) bond motifs is 3. The minimum atomic E-state index is 0.326. The van der Waals surface area contributed by atoms with Crippen LogP contribution in [0, 0.1) is 0 Å². The summed E-state index contributed by atoms with van der Waals surface area (Å²) in [6, 6.07) is 2.80. The third-order valence-corrected chi connectivity index (χ3v) is 8.14. The topological polar surface area (TPSA) is 43.8 Å². The lowest BCUT2D eigenvalue weighted by molar-refractivity contribution is -0.000919. The molecule has 0 bridgehead atoms. The number of pyridine rings is 1. The van der Waals surface area contributed by atoms with E-state index in [1.54, 1.807) is 7.11 Å². The lowest BCUT2D eigenvalue weighted by Gasteiger charge is -2.38. The molecule has 5 nitrogen and oxygen atoms in total. The average Bonchev–Trinajstić information content (AvgIpc) is 3.33. The van der Waals surface area contributed by atoms with E-state index in [2.05, 4.69) is 16.0 Å². The van der Waals surface area contributed by atoms with E-state index >= 15 is 0 Å². The molecule has 1 saturated heterocycles. The molecular formula is C23H32N2O3S. The number of hydrogen-bond acceptors (Lipinski definition) is 6. The molecule has 6 heteroatoms. The fourth-order valence-corrected chi connectivity index (χ4v) is 6.69. The molecule has 0 spiro atoms. The van der Waals surface area contributed by atoms with E-state index in [1.165, 1.54) is 41.5 Å². The van der Waals surface area contributed by atoms with Crippen molar-refractivity contribution in [2.24, 2.45) is 0 Å². The Balaban J connectivity index is 1.30. The lowest BCUT2D eigenvalue weighted by atomic mass is 9.91. The van der Waals surface area contributed by atoms with Crippen LogP contribution >= 0.6 is 11.3 Å². The summed E-state index contributed by atoms with van der Waals surface area (Å²) in [5.74, 6) is 1.65. The summed E-state index contributed by atoms with van der Waals surface area (Å²) in [5.41, 5.74) is 1.51. The quantitative estimate of drug-likeness (QED) is 0.699. The van der Waals surface area contributed by atoms with Crippen molar-refractivity contribution in [3.05, 3.63) is 22.7 Å².